The highest BCUT2D eigenvalue weighted by atomic mass is 35.5. The lowest BCUT2D eigenvalue weighted by Crippen LogP contribution is -2.62. The smallest absolute Gasteiger partial charge is 0.221 e. The van der Waals surface area contributed by atoms with Gasteiger partial charge >= 0.3 is 0 Å². The highest BCUT2D eigenvalue weighted by molar-refractivity contribution is 5.85. The van der Waals surface area contributed by atoms with Gasteiger partial charge in [-0.15, -0.1) is 12.4 Å². The summed E-state index contributed by atoms with van der Waals surface area (Å²) in [6.45, 7) is 7.70. The van der Waals surface area contributed by atoms with E-state index < -0.39 is 0 Å². The van der Waals surface area contributed by atoms with Gasteiger partial charge in [0.1, 0.15) is 0 Å². The molecule has 0 aromatic carbocycles. The minimum atomic E-state index is 0. The van der Waals surface area contributed by atoms with Crippen LogP contribution in [0.5, 0.6) is 0 Å². The Hall–Kier alpha value is -0.320. The van der Waals surface area contributed by atoms with Crippen LogP contribution in [-0.2, 0) is 9.53 Å². The van der Waals surface area contributed by atoms with Gasteiger partial charge in [-0.1, -0.05) is 27.2 Å². The molecule has 0 aliphatic heterocycles. The number of hydrogen-bond donors (Lipinski definition) is 2. The fraction of sp³-hybridized carbons (Fsp3) is 0.923. The van der Waals surface area contributed by atoms with Crippen molar-refractivity contribution in [2.75, 3.05) is 13.2 Å². The molecular formula is C13H27ClN2O2. The van der Waals surface area contributed by atoms with Crippen LogP contribution < -0.4 is 11.1 Å². The van der Waals surface area contributed by atoms with Gasteiger partial charge in [0.05, 0.1) is 6.10 Å². The normalized spacial score (nSPS) is 24.9. The van der Waals surface area contributed by atoms with Crippen molar-refractivity contribution in [2.24, 2.45) is 11.1 Å². The van der Waals surface area contributed by atoms with Crippen LogP contribution in [0.25, 0.3) is 0 Å². The molecule has 2 atom stereocenters. The van der Waals surface area contributed by atoms with E-state index in [9.17, 15) is 4.79 Å². The Balaban J connectivity index is 0.00000289. The molecule has 0 saturated heterocycles. The zero-order chi connectivity index (χ0) is 12.9. The number of nitrogens with two attached hydrogens (primary N) is 1. The van der Waals surface area contributed by atoms with Crippen molar-refractivity contribution in [3.05, 3.63) is 0 Å². The summed E-state index contributed by atoms with van der Waals surface area (Å²) in [7, 11) is 0. The fourth-order valence-corrected chi connectivity index (χ4v) is 2.18. The zero-order valence-electron chi connectivity index (χ0n) is 11.7. The highest BCUT2D eigenvalue weighted by Gasteiger charge is 2.49. The number of amides is 1. The molecule has 0 aromatic rings. The Kier molecular flexibility index (Phi) is 7.83. The molecular weight excluding hydrogens is 252 g/mol. The summed E-state index contributed by atoms with van der Waals surface area (Å²) in [5.41, 5.74) is 5.39. The van der Waals surface area contributed by atoms with Crippen molar-refractivity contribution in [2.45, 2.75) is 58.6 Å². The first-order valence-corrected chi connectivity index (χ1v) is 6.63. The van der Waals surface area contributed by atoms with E-state index in [0.717, 1.165) is 25.9 Å². The molecule has 2 unspecified atom stereocenters. The molecule has 0 radical (unpaired) electrons. The van der Waals surface area contributed by atoms with Gasteiger partial charge in [-0.3, -0.25) is 4.79 Å². The minimum absolute atomic E-state index is 0. The number of halogens is 1. The zero-order valence-corrected chi connectivity index (χ0v) is 12.5. The van der Waals surface area contributed by atoms with E-state index in [1.165, 1.54) is 0 Å². The van der Waals surface area contributed by atoms with Crippen LogP contribution in [0.2, 0.25) is 0 Å². The number of carbonyl (C=O) groups excluding carboxylic acids is 1. The van der Waals surface area contributed by atoms with Crippen molar-refractivity contribution in [3.63, 3.8) is 0 Å². The third-order valence-corrected chi connectivity index (χ3v) is 3.70. The second-order valence-electron chi connectivity index (χ2n) is 5.43. The lowest BCUT2D eigenvalue weighted by molar-refractivity contribution is -0.137. The van der Waals surface area contributed by atoms with Crippen LogP contribution in [0, 0.1) is 5.41 Å². The molecule has 1 saturated carbocycles. The van der Waals surface area contributed by atoms with Crippen molar-refractivity contribution < 1.29 is 9.53 Å². The average Bonchev–Trinajstić information content (AvgIpc) is 2.27. The van der Waals surface area contributed by atoms with Crippen LogP contribution in [0.3, 0.4) is 0 Å². The molecule has 18 heavy (non-hydrogen) atoms. The number of nitrogens with one attached hydrogen (secondary N) is 1. The molecule has 5 heteroatoms. The van der Waals surface area contributed by atoms with E-state index in [0.29, 0.717) is 13.0 Å². The van der Waals surface area contributed by atoms with Crippen LogP contribution in [0.1, 0.15) is 46.5 Å². The topological polar surface area (TPSA) is 64.3 Å². The summed E-state index contributed by atoms with van der Waals surface area (Å²) in [5, 5.41) is 3.03. The summed E-state index contributed by atoms with van der Waals surface area (Å²) >= 11 is 0. The summed E-state index contributed by atoms with van der Waals surface area (Å²) in [4.78, 5) is 11.5. The Morgan fingerprint density at radius 1 is 1.50 bits per heavy atom. The first kappa shape index (κ1) is 17.7. The SMILES string of the molecule is CCCCOC1CC(NC(=O)CCN)C1(C)C.Cl. The second-order valence-corrected chi connectivity index (χ2v) is 5.43. The Bertz CT molecular complexity index is 259. The summed E-state index contributed by atoms with van der Waals surface area (Å²) in [5.74, 6) is 0.0533. The average molecular weight is 279 g/mol. The van der Waals surface area contributed by atoms with E-state index in [4.69, 9.17) is 10.5 Å². The summed E-state index contributed by atoms with van der Waals surface area (Å²) in [6.07, 6.45) is 3.87. The maximum Gasteiger partial charge on any atom is 0.221 e. The molecule has 0 heterocycles. The third kappa shape index (κ3) is 4.41. The predicted octanol–water partition coefficient (Wildman–Crippen LogP) is 1.86. The molecule has 1 rings (SSSR count). The maximum atomic E-state index is 11.5. The Morgan fingerprint density at radius 3 is 2.67 bits per heavy atom. The van der Waals surface area contributed by atoms with Crippen LogP contribution >= 0.6 is 12.4 Å². The van der Waals surface area contributed by atoms with Gasteiger partial charge in [-0.2, -0.15) is 0 Å². The van der Waals surface area contributed by atoms with Gasteiger partial charge in [0.15, 0.2) is 0 Å². The molecule has 0 spiro atoms. The summed E-state index contributed by atoms with van der Waals surface area (Å²) < 4.78 is 5.83. The quantitative estimate of drug-likeness (QED) is 0.699. The molecule has 1 aliphatic carbocycles. The maximum absolute atomic E-state index is 11.5. The molecule has 4 nitrogen and oxygen atoms in total. The first-order chi connectivity index (χ1) is 8.02. The van der Waals surface area contributed by atoms with E-state index in [2.05, 4.69) is 26.1 Å². The van der Waals surface area contributed by atoms with Gasteiger partial charge < -0.3 is 15.8 Å². The van der Waals surface area contributed by atoms with Gasteiger partial charge in [0, 0.05) is 31.0 Å². The number of rotatable bonds is 7. The number of carbonyl (C=O) groups is 1. The molecule has 1 aliphatic rings. The van der Waals surface area contributed by atoms with Crippen molar-refractivity contribution in [1.82, 2.24) is 5.32 Å². The summed E-state index contributed by atoms with van der Waals surface area (Å²) in [6, 6.07) is 0.230. The van der Waals surface area contributed by atoms with Crippen LogP contribution in [-0.4, -0.2) is 31.2 Å². The lowest BCUT2D eigenvalue weighted by atomic mass is 9.64. The van der Waals surface area contributed by atoms with Gasteiger partial charge in [0.2, 0.25) is 5.91 Å². The van der Waals surface area contributed by atoms with E-state index >= 15 is 0 Å². The Morgan fingerprint density at radius 2 is 2.17 bits per heavy atom. The minimum Gasteiger partial charge on any atom is -0.378 e. The van der Waals surface area contributed by atoms with Crippen molar-refractivity contribution in [1.29, 1.82) is 0 Å². The first-order valence-electron chi connectivity index (χ1n) is 6.63. The number of hydrogen-bond acceptors (Lipinski definition) is 3. The molecule has 1 amide bonds. The largest absolute Gasteiger partial charge is 0.378 e. The predicted molar refractivity (Wildman–Crippen MR) is 75.9 cm³/mol. The molecule has 0 bridgehead atoms. The number of unbranched alkanes of at least 4 members (excludes halogenated alkanes) is 1. The van der Waals surface area contributed by atoms with E-state index in [1.54, 1.807) is 0 Å². The lowest BCUT2D eigenvalue weighted by Gasteiger charge is -2.51. The van der Waals surface area contributed by atoms with Gasteiger partial charge in [0.25, 0.3) is 0 Å². The highest BCUT2D eigenvalue weighted by Crippen LogP contribution is 2.42. The Labute approximate surface area is 116 Å². The molecule has 1 fully saturated rings. The van der Waals surface area contributed by atoms with Crippen LogP contribution in [0.15, 0.2) is 0 Å². The molecule has 3 N–H and O–H groups in total. The van der Waals surface area contributed by atoms with Crippen molar-refractivity contribution in [3.8, 4) is 0 Å². The standard InChI is InChI=1S/C13H26N2O2.ClH/c1-4-5-8-17-11-9-10(13(11,2)3)15-12(16)6-7-14;/h10-11H,4-9,14H2,1-3H3,(H,15,16);1H. The molecule has 0 aromatic heterocycles. The fourth-order valence-electron chi connectivity index (χ4n) is 2.18. The van der Waals surface area contributed by atoms with Gasteiger partial charge in [-0.05, 0) is 12.8 Å². The van der Waals surface area contributed by atoms with Gasteiger partial charge in [-0.25, -0.2) is 0 Å². The second kappa shape index (κ2) is 7.97. The van der Waals surface area contributed by atoms with Crippen LogP contribution in [0.4, 0.5) is 0 Å². The van der Waals surface area contributed by atoms with Crippen molar-refractivity contribution >= 4 is 18.3 Å². The third-order valence-electron chi connectivity index (χ3n) is 3.70. The van der Waals surface area contributed by atoms with E-state index in [1.807, 2.05) is 0 Å². The van der Waals surface area contributed by atoms with E-state index in [-0.39, 0.29) is 35.9 Å². The monoisotopic (exact) mass is 278 g/mol. The number of ether oxygens (including phenoxy) is 1. The molecule has 108 valence electrons.